The Morgan fingerprint density at radius 1 is 1.11 bits per heavy atom. The average molecular weight is 262 g/mol. The number of ether oxygens (including phenoxy) is 2. The first-order chi connectivity index (χ1) is 9.27. The van der Waals surface area contributed by atoms with Crippen molar-refractivity contribution in [3.63, 3.8) is 0 Å². The van der Waals surface area contributed by atoms with Crippen molar-refractivity contribution in [1.29, 1.82) is 0 Å². The van der Waals surface area contributed by atoms with Gasteiger partial charge in [0.15, 0.2) is 5.79 Å². The van der Waals surface area contributed by atoms with E-state index in [0.717, 1.165) is 45.3 Å². The molecule has 1 unspecified atom stereocenters. The van der Waals surface area contributed by atoms with E-state index < -0.39 is 0 Å². The van der Waals surface area contributed by atoms with Gasteiger partial charge in [0.1, 0.15) is 0 Å². The fourth-order valence-electron chi connectivity index (χ4n) is 3.27. The van der Waals surface area contributed by atoms with E-state index in [0.29, 0.717) is 5.92 Å². The summed E-state index contributed by atoms with van der Waals surface area (Å²) in [5.74, 6) is 0.0572. The lowest BCUT2D eigenvalue weighted by atomic mass is 9.80. The zero-order chi connectivity index (χ0) is 13.1. The zero-order valence-corrected chi connectivity index (χ0v) is 11.3. The minimum Gasteiger partial charge on any atom is -0.392 e. The van der Waals surface area contributed by atoms with Gasteiger partial charge in [0.05, 0.1) is 19.3 Å². The van der Waals surface area contributed by atoms with Gasteiger partial charge in [-0.25, -0.2) is 0 Å². The molecule has 3 rings (SSSR count). The molecule has 1 saturated heterocycles. The maximum absolute atomic E-state index is 10.4. The highest BCUT2D eigenvalue weighted by Crippen LogP contribution is 2.39. The first kappa shape index (κ1) is 13.1. The van der Waals surface area contributed by atoms with Crippen molar-refractivity contribution in [2.45, 2.75) is 44.0 Å². The maximum atomic E-state index is 10.4. The Hall–Kier alpha value is -0.900. The summed E-state index contributed by atoms with van der Waals surface area (Å²) in [5.41, 5.74) is 1.21. The molecule has 0 radical (unpaired) electrons. The van der Waals surface area contributed by atoms with Gasteiger partial charge in [0.25, 0.3) is 0 Å². The molecule has 1 N–H and O–H groups in total. The largest absolute Gasteiger partial charge is 0.392 e. The van der Waals surface area contributed by atoms with Crippen LogP contribution in [0.3, 0.4) is 0 Å². The molecule has 1 heterocycles. The topological polar surface area (TPSA) is 38.7 Å². The number of aliphatic hydroxyl groups is 1. The molecule has 3 heteroatoms. The van der Waals surface area contributed by atoms with Crippen LogP contribution in [0.5, 0.6) is 0 Å². The van der Waals surface area contributed by atoms with Crippen LogP contribution < -0.4 is 0 Å². The summed E-state index contributed by atoms with van der Waals surface area (Å²) in [6, 6.07) is 10.2. The average Bonchev–Trinajstić information content (AvgIpc) is 2.89. The molecule has 0 amide bonds. The van der Waals surface area contributed by atoms with E-state index >= 15 is 0 Å². The van der Waals surface area contributed by atoms with Crippen molar-refractivity contribution in [1.82, 2.24) is 0 Å². The van der Waals surface area contributed by atoms with Crippen LogP contribution in [-0.2, 0) is 15.9 Å². The van der Waals surface area contributed by atoms with E-state index in [9.17, 15) is 5.11 Å². The van der Waals surface area contributed by atoms with Crippen molar-refractivity contribution in [3.8, 4) is 0 Å². The molecule has 1 aromatic rings. The molecular weight excluding hydrogens is 240 g/mol. The van der Waals surface area contributed by atoms with Crippen molar-refractivity contribution >= 4 is 0 Å². The molecule has 1 atom stereocenters. The molecule has 104 valence electrons. The Morgan fingerprint density at radius 2 is 1.74 bits per heavy atom. The van der Waals surface area contributed by atoms with E-state index in [4.69, 9.17) is 9.47 Å². The van der Waals surface area contributed by atoms with Crippen LogP contribution in [0.25, 0.3) is 0 Å². The smallest absolute Gasteiger partial charge is 0.168 e. The van der Waals surface area contributed by atoms with Crippen LogP contribution in [0.1, 0.15) is 31.2 Å². The third kappa shape index (κ3) is 2.99. The molecule has 0 bridgehead atoms. The molecule has 1 saturated carbocycles. The minimum atomic E-state index is -0.317. The highest BCUT2D eigenvalue weighted by atomic mass is 16.7. The second-order valence-corrected chi connectivity index (χ2v) is 5.70. The highest BCUT2D eigenvalue weighted by Gasteiger charge is 2.41. The quantitative estimate of drug-likeness (QED) is 0.909. The normalized spacial score (nSPS) is 24.7. The lowest BCUT2D eigenvalue weighted by Gasteiger charge is -2.37. The van der Waals surface area contributed by atoms with Gasteiger partial charge in [-0.15, -0.1) is 0 Å². The van der Waals surface area contributed by atoms with Crippen LogP contribution in [0, 0.1) is 5.92 Å². The maximum Gasteiger partial charge on any atom is 0.168 e. The summed E-state index contributed by atoms with van der Waals surface area (Å²) in [4.78, 5) is 0. The van der Waals surface area contributed by atoms with Gasteiger partial charge in [0, 0.05) is 12.8 Å². The summed E-state index contributed by atoms with van der Waals surface area (Å²) in [7, 11) is 0. The molecule has 19 heavy (non-hydrogen) atoms. The fourth-order valence-corrected chi connectivity index (χ4v) is 3.27. The Bertz CT molecular complexity index is 388. The first-order valence-electron chi connectivity index (χ1n) is 7.27. The first-order valence-corrected chi connectivity index (χ1v) is 7.27. The minimum absolute atomic E-state index is 0.249. The monoisotopic (exact) mass is 262 g/mol. The second-order valence-electron chi connectivity index (χ2n) is 5.70. The van der Waals surface area contributed by atoms with Crippen molar-refractivity contribution < 1.29 is 14.6 Å². The molecule has 2 aliphatic rings. The lowest BCUT2D eigenvalue weighted by molar-refractivity contribution is -0.186. The van der Waals surface area contributed by atoms with Crippen molar-refractivity contribution in [2.24, 2.45) is 5.92 Å². The summed E-state index contributed by atoms with van der Waals surface area (Å²) < 4.78 is 11.4. The molecule has 1 spiro atoms. The predicted octanol–water partition coefficient (Wildman–Crippen LogP) is 2.52. The number of aliphatic hydroxyl groups excluding tert-OH is 1. The van der Waals surface area contributed by atoms with Crippen molar-refractivity contribution in [2.75, 3.05) is 13.2 Å². The van der Waals surface area contributed by atoms with Crippen molar-refractivity contribution in [3.05, 3.63) is 35.9 Å². The number of benzene rings is 1. The third-order valence-electron chi connectivity index (χ3n) is 4.44. The standard InChI is InChI=1S/C16H22O3/c17-15(12-13-4-2-1-3-5-13)14-6-8-16(9-7-14)18-10-11-19-16/h1-5,14-15,17H,6-12H2. The van der Waals surface area contributed by atoms with E-state index in [1.165, 1.54) is 5.56 Å². The molecular formula is C16H22O3. The van der Waals surface area contributed by atoms with Crippen LogP contribution in [0.4, 0.5) is 0 Å². The van der Waals surface area contributed by atoms with E-state index in [2.05, 4.69) is 12.1 Å². The SMILES string of the molecule is OC(Cc1ccccc1)C1CCC2(CC1)OCCO2. The van der Waals surface area contributed by atoms with Crippen LogP contribution in [-0.4, -0.2) is 30.2 Å². The van der Waals surface area contributed by atoms with Gasteiger partial charge in [-0.3, -0.25) is 0 Å². The fraction of sp³-hybridized carbons (Fsp3) is 0.625. The number of rotatable bonds is 3. The van der Waals surface area contributed by atoms with Crippen LogP contribution in [0.2, 0.25) is 0 Å². The molecule has 1 aliphatic heterocycles. The summed E-state index contributed by atoms with van der Waals surface area (Å²) in [5, 5.41) is 10.4. The van der Waals surface area contributed by atoms with Gasteiger partial charge in [-0.2, -0.15) is 0 Å². The van der Waals surface area contributed by atoms with Crippen LogP contribution in [0.15, 0.2) is 30.3 Å². The lowest BCUT2D eigenvalue weighted by Crippen LogP contribution is -2.38. The van der Waals surface area contributed by atoms with Gasteiger partial charge < -0.3 is 14.6 Å². The third-order valence-corrected chi connectivity index (χ3v) is 4.44. The van der Waals surface area contributed by atoms with Gasteiger partial charge in [-0.05, 0) is 30.7 Å². The van der Waals surface area contributed by atoms with Gasteiger partial charge in [0.2, 0.25) is 0 Å². The summed E-state index contributed by atoms with van der Waals surface area (Å²) in [6.45, 7) is 1.44. The molecule has 1 aromatic carbocycles. The van der Waals surface area contributed by atoms with Crippen LogP contribution >= 0.6 is 0 Å². The number of hydrogen-bond acceptors (Lipinski definition) is 3. The van der Waals surface area contributed by atoms with Gasteiger partial charge >= 0.3 is 0 Å². The Kier molecular flexibility index (Phi) is 3.87. The van der Waals surface area contributed by atoms with E-state index in [-0.39, 0.29) is 11.9 Å². The summed E-state index contributed by atoms with van der Waals surface area (Å²) in [6.07, 6.45) is 4.33. The van der Waals surface area contributed by atoms with E-state index in [1.807, 2.05) is 18.2 Å². The number of hydrogen-bond donors (Lipinski definition) is 1. The molecule has 0 aromatic heterocycles. The highest BCUT2D eigenvalue weighted by molar-refractivity contribution is 5.15. The Morgan fingerprint density at radius 3 is 2.37 bits per heavy atom. The molecule has 3 nitrogen and oxygen atoms in total. The zero-order valence-electron chi connectivity index (χ0n) is 11.3. The predicted molar refractivity (Wildman–Crippen MR) is 72.7 cm³/mol. The Balaban J connectivity index is 1.53. The van der Waals surface area contributed by atoms with Gasteiger partial charge in [-0.1, -0.05) is 30.3 Å². The summed E-state index contributed by atoms with van der Waals surface area (Å²) >= 11 is 0. The molecule has 1 aliphatic carbocycles. The second kappa shape index (κ2) is 5.61. The van der Waals surface area contributed by atoms with E-state index in [1.54, 1.807) is 0 Å². The molecule has 2 fully saturated rings. The Labute approximate surface area is 114 Å².